The number of likely N-dealkylation sites (tertiary alicyclic amines) is 1. The number of amides is 1. The number of nitrogens with one attached hydrogen (secondary N) is 1. The van der Waals surface area contributed by atoms with Crippen LogP contribution in [0.2, 0.25) is 10.0 Å². The molecule has 7 nitrogen and oxygen atoms in total. The monoisotopic (exact) mass is 582 g/mol. The first kappa shape index (κ1) is 28.3. The molecule has 1 aliphatic rings. The minimum atomic E-state index is -5.16. The number of hydrogen-bond acceptors (Lipinski definition) is 5. The van der Waals surface area contributed by atoms with Gasteiger partial charge in [-0.25, -0.2) is 9.37 Å². The van der Waals surface area contributed by atoms with Gasteiger partial charge in [0.15, 0.2) is 5.78 Å². The zero-order chi connectivity index (χ0) is 28.3. The molecular formula is C26H20Cl2F4N4O3. The average molecular weight is 583 g/mol. The molecule has 39 heavy (non-hydrogen) atoms. The fourth-order valence-corrected chi connectivity index (χ4v) is 4.28. The predicted molar refractivity (Wildman–Crippen MR) is 138 cm³/mol. The van der Waals surface area contributed by atoms with Crippen LogP contribution in [0, 0.1) is 5.82 Å². The average Bonchev–Trinajstić information content (AvgIpc) is 2.82. The van der Waals surface area contributed by atoms with E-state index in [1.165, 1.54) is 30.5 Å². The molecule has 2 heterocycles. The first-order chi connectivity index (χ1) is 18.4. The van der Waals surface area contributed by atoms with Crippen LogP contribution >= 0.6 is 23.2 Å². The fourth-order valence-electron chi connectivity index (χ4n) is 3.96. The van der Waals surface area contributed by atoms with Gasteiger partial charge in [0.25, 0.3) is 5.91 Å². The number of nitrogens with zero attached hydrogens (tertiary/aromatic N) is 3. The van der Waals surface area contributed by atoms with Gasteiger partial charge in [-0.2, -0.15) is 0 Å². The number of aromatic nitrogens is 1. The van der Waals surface area contributed by atoms with Gasteiger partial charge >= 0.3 is 6.36 Å². The van der Waals surface area contributed by atoms with E-state index in [0.29, 0.717) is 11.4 Å². The van der Waals surface area contributed by atoms with Gasteiger partial charge in [0.05, 0.1) is 10.6 Å². The Hall–Kier alpha value is -3.70. The Balaban J connectivity index is 1.68. The summed E-state index contributed by atoms with van der Waals surface area (Å²) >= 11 is 11.8. The summed E-state index contributed by atoms with van der Waals surface area (Å²) in [5.74, 6) is -2.96. The molecule has 1 fully saturated rings. The lowest BCUT2D eigenvalue weighted by Crippen LogP contribution is -2.42. The topological polar surface area (TPSA) is 83.9 Å². The Morgan fingerprint density at radius 3 is 2.38 bits per heavy atom. The van der Waals surface area contributed by atoms with E-state index in [9.17, 15) is 22.8 Å². The van der Waals surface area contributed by atoms with E-state index >= 15 is 4.39 Å². The van der Waals surface area contributed by atoms with Gasteiger partial charge in [-0.05, 0) is 42.8 Å². The summed E-state index contributed by atoms with van der Waals surface area (Å²) < 4.78 is 58.8. The van der Waals surface area contributed by atoms with Crippen LogP contribution in [0.5, 0.6) is 5.75 Å². The summed E-state index contributed by atoms with van der Waals surface area (Å²) in [6, 6.07) is 8.59. The maximum absolute atomic E-state index is 15.1. The summed E-state index contributed by atoms with van der Waals surface area (Å²) in [7, 11) is 1.57. The minimum Gasteiger partial charge on any atom is -0.405 e. The number of rotatable bonds is 7. The number of aliphatic imine (C=N–C) groups is 1. The van der Waals surface area contributed by atoms with E-state index in [0.717, 1.165) is 37.7 Å². The molecule has 1 N–H and O–H groups in total. The van der Waals surface area contributed by atoms with Crippen LogP contribution in [0.3, 0.4) is 0 Å². The molecule has 0 spiro atoms. The van der Waals surface area contributed by atoms with Crippen molar-refractivity contribution < 1.29 is 31.9 Å². The van der Waals surface area contributed by atoms with Gasteiger partial charge in [0, 0.05) is 54.5 Å². The fraction of sp³-hybridized carbons (Fsp3) is 0.231. The second kappa shape index (κ2) is 11.6. The van der Waals surface area contributed by atoms with Crippen LogP contribution < -0.4 is 10.1 Å². The van der Waals surface area contributed by atoms with Gasteiger partial charge in [0.1, 0.15) is 23.2 Å². The smallest absolute Gasteiger partial charge is 0.405 e. The van der Waals surface area contributed by atoms with Crippen molar-refractivity contribution in [3.63, 3.8) is 0 Å². The van der Waals surface area contributed by atoms with Gasteiger partial charge < -0.3 is 15.0 Å². The van der Waals surface area contributed by atoms with Crippen molar-refractivity contribution in [1.29, 1.82) is 0 Å². The Bertz CT molecular complexity index is 1440. The second-order valence-electron chi connectivity index (χ2n) is 8.48. The van der Waals surface area contributed by atoms with Crippen molar-refractivity contribution in [2.24, 2.45) is 4.99 Å². The van der Waals surface area contributed by atoms with E-state index in [1.54, 1.807) is 7.05 Å². The van der Waals surface area contributed by atoms with Crippen molar-refractivity contribution >= 4 is 46.5 Å². The van der Waals surface area contributed by atoms with E-state index in [1.807, 2.05) is 4.90 Å². The van der Waals surface area contributed by atoms with E-state index < -0.39 is 41.6 Å². The Kier molecular flexibility index (Phi) is 8.41. The van der Waals surface area contributed by atoms with Crippen LogP contribution in [0.15, 0.2) is 53.7 Å². The summed E-state index contributed by atoms with van der Waals surface area (Å²) in [4.78, 5) is 36.2. The number of hydrogen-bond donors (Lipinski definition) is 1. The Labute approximate surface area is 230 Å². The lowest BCUT2D eigenvalue weighted by Gasteiger charge is -2.34. The molecule has 13 heteroatoms. The molecular weight excluding hydrogens is 563 g/mol. The van der Waals surface area contributed by atoms with Crippen LogP contribution in [-0.2, 0) is 6.42 Å². The van der Waals surface area contributed by atoms with Gasteiger partial charge in [-0.15, -0.1) is 13.2 Å². The number of ether oxygens (including phenoxy) is 1. The van der Waals surface area contributed by atoms with Crippen molar-refractivity contribution in [3.05, 3.63) is 86.8 Å². The first-order valence-electron chi connectivity index (χ1n) is 11.5. The molecule has 0 bridgehead atoms. The van der Waals surface area contributed by atoms with Crippen LogP contribution in [0.25, 0.3) is 0 Å². The molecule has 1 saturated heterocycles. The highest BCUT2D eigenvalue weighted by Gasteiger charge is 2.34. The number of halogens is 6. The highest BCUT2D eigenvalue weighted by molar-refractivity contribution is 6.31. The number of ketones is 1. The summed E-state index contributed by atoms with van der Waals surface area (Å²) in [5.41, 5.74) is -0.749. The van der Waals surface area contributed by atoms with Crippen molar-refractivity contribution in [2.75, 3.05) is 25.5 Å². The van der Waals surface area contributed by atoms with Crippen LogP contribution in [0.1, 0.15) is 38.3 Å². The molecule has 1 amide bonds. The molecule has 0 aliphatic carbocycles. The normalized spacial score (nSPS) is 13.6. The zero-order valence-electron chi connectivity index (χ0n) is 20.3. The Morgan fingerprint density at radius 2 is 1.82 bits per heavy atom. The number of carbonyl (C=O) groups is 2. The third-order valence-electron chi connectivity index (χ3n) is 5.85. The summed E-state index contributed by atoms with van der Waals surface area (Å²) in [5, 5.41) is 2.44. The highest BCUT2D eigenvalue weighted by atomic mass is 35.5. The number of pyridine rings is 1. The second-order valence-corrected chi connectivity index (χ2v) is 9.35. The molecule has 0 unspecified atom stereocenters. The molecule has 0 radical (unpaired) electrons. The van der Waals surface area contributed by atoms with Gasteiger partial charge in [-0.1, -0.05) is 29.3 Å². The summed E-state index contributed by atoms with van der Waals surface area (Å²) in [6.07, 6.45) is -3.73. The van der Waals surface area contributed by atoms with E-state index in [-0.39, 0.29) is 27.0 Å². The first-order valence-corrected chi connectivity index (χ1v) is 12.3. The molecule has 2 aromatic carbocycles. The number of anilines is 1. The molecule has 204 valence electrons. The minimum absolute atomic E-state index is 0.0390. The molecule has 4 rings (SSSR count). The number of amidine groups is 1. The summed E-state index contributed by atoms with van der Waals surface area (Å²) in [6.45, 7) is 1.54. The zero-order valence-corrected chi connectivity index (χ0v) is 21.8. The van der Waals surface area contributed by atoms with Crippen molar-refractivity contribution in [3.8, 4) is 5.75 Å². The van der Waals surface area contributed by atoms with Gasteiger partial charge in [0.2, 0.25) is 0 Å². The maximum atomic E-state index is 15.1. The van der Waals surface area contributed by atoms with Crippen molar-refractivity contribution in [1.82, 2.24) is 9.88 Å². The number of Topliss-reactive ketones (excluding diaryl/α,β-unsaturated/α-hetero) is 1. The van der Waals surface area contributed by atoms with E-state index in [2.05, 4.69) is 20.0 Å². The van der Waals surface area contributed by atoms with E-state index in [4.69, 9.17) is 23.2 Å². The van der Waals surface area contributed by atoms with Crippen LogP contribution in [0.4, 0.5) is 23.4 Å². The number of alkyl halides is 3. The molecule has 1 aliphatic heterocycles. The quantitative estimate of drug-likeness (QED) is 0.155. The van der Waals surface area contributed by atoms with Crippen LogP contribution in [-0.4, -0.2) is 53.9 Å². The molecule has 0 saturated carbocycles. The third kappa shape index (κ3) is 6.85. The number of benzene rings is 2. The predicted octanol–water partition coefficient (Wildman–Crippen LogP) is 6.19. The maximum Gasteiger partial charge on any atom is 0.573 e. The largest absolute Gasteiger partial charge is 0.573 e. The molecule has 0 atom stereocenters. The van der Waals surface area contributed by atoms with Crippen molar-refractivity contribution in [2.45, 2.75) is 19.2 Å². The standard InChI is InChI=1S/C26H20Cl2F4N4O3/c1-33-24(36-7-2-8-36)14-3-5-17(20(29)9-14)21(37)12-18-19(10-16(28)11-22(18)39-26(30,31)32)25(38)35-23-6-4-15(27)13-34-23/h3-6,9-11,13H,2,7-8,12H2,1H3,(H,34,35,38). The SMILES string of the molecule is CN=C(c1ccc(C(=O)Cc2c(OC(F)(F)F)cc(Cl)cc2C(=O)Nc2ccc(Cl)cn2)c(F)c1)N1CCC1. The highest BCUT2D eigenvalue weighted by Crippen LogP contribution is 2.34. The lowest BCUT2D eigenvalue weighted by molar-refractivity contribution is -0.274. The third-order valence-corrected chi connectivity index (χ3v) is 6.29. The number of carbonyl (C=O) groups excluding carboxylic acids is 2. The Morgan fingerprint density at radius 1 is 1.08 bits per heavy atom. The lowest BCUT2D eigenvalue weighted by atomic mass is 9.96. The van der Waals surface area contributed by atoms with Gasteiger partial charge in [-0.3, -0.25) is 14.6 Å². The molecule has 1 aromatic heterocycles. The molecule has 3 aromatic rings.